The Balaban J connectivity index is 1.31. The highest BCUT2D eigenvalue weighted by molar-refractivity contribution is 7.11. The topological polar surface area (TPSA) is 148 Å². The third-order valence-electron chi connectivity index (χ3n) is 8.84. The second-order valence-corrected chi connectivity index (χ2v) is 12.6. The zero-order chi connectivity index (χ0) is 33.8. The van der Waals surface area contributed by atoms with Crippen molar-refractivity contribution in [3.8, 4) is 22.9 Å². The number of aromatic nitrogens is 1. The number of nitrogens with zero attached hydrogens (tertiary/aromatic N) is 5. The molecular weight excluding hydrogens is 632 g/mol. The molecule has 2 aliphatic heterocycles. The van der Waals surface area contributed by atoms with Crippen molar-refractivity contribution in [1.29, 1.82) is 5.26 Å². The van der Waals surface area contributed by atoms with Crippen molar-refractivity contribution in [2.24, 2.45) is 11.6 Å². The number of hydrogen-bond donors (Lipinski definition) is 3. The molecule has 2 aromatic carbocycles. The van der Waals surface area contributed by atoms with Gasteiger partial charge in [-0.15, -0.1) is 11.3 Å². The number of halogens is 1. The van der Waals surface area contributed by atoms with Gasteiger partial charge in [0.1, 0.15) is 22.4 Å². The number of H-pyrrole nitrogens is 1. The van der Waals surface area contributed by atoms with Gasteiger partial charge in [0, 0.05) is 81.1 Å². The minimum atomic E-state index is -0.490. The number of carbonyl (C=O) groups is 2. The number of aromatic amines is 1. The second kappa shape index (κ2) is 14.2. The number of fused-ring (bicyclic) bond motifs is 1. The van der Waals surface area contributed by atoms with Crippen LogP contribution in [0.25, 0.3) is 27.6 Å². The molecule has 2 amide bonds. The number of carbonyl (C=O) groups excluding carboxylic acids is 2. The van der Waals surface area contributed by atoms with Gasteiger partial charge in [0.25, 0.3) is 5.91 Å². The van der Waals surface area contributed by atoms with Crippen LogP contribution in [-0.2, 0) is 4.79 Å². The predicted molar refractivity (Wildman–Crippen MR) is 185 cm³/mol. The lowest BCUT2D eigenvalue weighted by atomic mass is 9.93. The summed E-state index contributed by atoms with van der Waals surface area (Å²) in [6, 6.07) is 15.2. The van der Waals surface area contributed by atoms with Crippen LogP contribution in [0.5, 0.6) is 5.75 Å². The molecule has 11 nitrogen and oxygen atoms in total. The number of anilines is 1. The Bertz CT molecular complexity index is 1940. The number of nitrogens with two attached hydrogens (primary N) is 2. The summed E-state index contributed by atoms with van der Waals surface area (Å²) in [5, 5.41) is 13.3. The van der Waals surface area contributed by atoms with Crippen LogP contribution >= 0.6 is 11.3 Å². The van der Waals surface area contributed by atoms with Gasteiger partial charge in [0.15, 0.2) is 5.82 Å². The van der Waals surface area contributed by atoms with Gasteiger partial charge in [-0.3, -0.25) is 9.59 Å². The fraction of sp³-hybridized carbons (Fsp3) is 0.286. The minimum Gasteiger partial charge on any atom is -0.496 e. The van der Waals surface area contributed by atoms with Gasteiger partial charge in [0.2, 0.25) is 5.91 Å². The maximum absolute atomic E-state index is 16.6. The molecule has 0 atom stereocenters. The number of amides is 2. The van der Waals surface area contributed by atoms with E-state index in [2.05, 4.69) is 16.0 Å². The molecule has 5 N–H and O–H groups in total. The summed E-state index contributed by atoms with van der Waals surface area (Å²) in [6.07, 6.45) is 5.52. The molecule has 0 saturated carbocycles. The number of nitrogens with one attached hydrogen (secondary N) is 1. The molecule has 0 spiro atoms. The van der Waals surface area contributed by atoms with E-state index in [9.17, 15) is 14.9 Å². The number of hydrogen-bond acceptors (Lipinski definition) is 9. The quantitative estimate of drug-likeness (QED) is 0.175. The van der Waals surface area contributed by atoms with Crippen molar-refractivity contribution in [3.63, 3.8) is 0 Å². The average Bonchev–Trinajstić information content (AvgIpc) is 3.79. The second-order valence-electron chi connectivity index (χ2n) is 11.6. The number of hydrazine groups is 1. The summed E-state index contributed by atoms with van der Waals surface area (Å²) in [6.45, 7) is 3.13. The number of nitriles is 1. The zero-order valence-corrected chi connectivity index (χ0v) is 27.4. The van der Waals surface area contributed by atoms with Gasteiger partial charge in [-0.05, 0) is 47.2 Å². The number of piperazine rings is 1. The lowest BCUT2D eigenvalue weighted by Gasteiger charge is -2.35. The first-order valence-corrected chi connectivity index (χ1v) is 16.6. The Morgan fingerprint density at radius 2 is 1.90 bits per heavy atom. The minimum absolute atomic E-state index is 0.0939. The SMILES string of the molecule is COc1ccccc1-c1cc(C2=CCCN(C(=O)CCN(N)/C=C\N)C2)c(F)c2[nH]c(C(=O)N3CCN(c4ccsc4C#N)CC3)cc12. The number of para-hydroxylation sites is 1. The van der Waals surface area contributed by atoms with E-state index >= 15 is 4.39 Å². The molecule has 2 aromatic heterocycles. The molecule has 4 heterocycles. The Morgan fingerprint density at radius 3 is 2.65 bits per heavy atom. The van der Waals surface area contributed by atoms with E-state index in [4.69, 9.17) is 16.3 Å². The third kappa shape index (κ3) is 6.45. The standard InChI is InChI=1S/C35H37FN8O3S/c1-47-30-7-3-2-6-24(30)26-19-25(23-5-4-11-43(22-23)32(45)8-12-44(39)13-10-37)33(36)34-27(26)20-28(40-34)35(46)42-16-14-41(15-17-42)29-9-18-48-31(29)21-38/h2-3,5-7,9-10,13,18-20,40H,4,8,11-12,14-17,22,37,39H2,1H3/b13-10-. The van der Waals surface area contributed by atoms with Crippen LogP contribution in [0.2, 0.25) is 0 Å². The molecule has 0 aliphatic carbocycles. The number of benzene rings is 2. The fourth-order valence-corrected chi connectivity index (χ4v) is 7.08. The molecule has 1 saturated heterocycles. The first-order valence-electron chi connectivity index (χ1n) is 15.7. The highest BCUT2D eigenvalue weighted by Crippen LogP contribution is 2.40. The van der Waals surface area contributed by atoms with E-state index in [0.29, 0.717) is 78.4 Å². The Kier molecular flexibility index (Phi) is 9.65. The average molecular weight is 669 g/mol. The van der Waals surface area contributed by atoms with Crippen LogP contribution < -0.4 is 21.2 Å². The van der Waals surface area contributed by atoms with Gasteiger partial charge in [-0.25, -0.2) is 10.2 Å². The molecule has 0 bridgehead atoms. The lowest BCUT2D eigenvalue weighted by molar-refractivity contribution is -0.130. The summed E-state index contributed by atoms with van der Waals surface area (Å²) in [7, 11) is 1.58. The Hall–Kier alpha value is -5.32. The van der Waals surface area contributed by atoms with Gasteiger partial charge in [-0.1, -0.05) is 24.3 Å². The van der Waals surface area contributed by atoms with Crippen LogP contribution in [-0.4, -0.2) is 84.5 Å². The molecule has 6 rings (SSSR count). The normalized spacial score (nSPS) is 15.1. The van der Waals surface area contributed by atoms with Crippen LogP contribution in [0.1, 0.15) is 33.8 Å². The van der Waals surface area contributed by atoms with Crippen molar-refractivity contribution in [2.45, 2.75) is 12.8 Å². The van der Waals surface area contributed by atoms with Crippen molar-refractivity contribution in [1.82, 2.24) is 19.8 Å². The first kappa shape index (κ1) is 32.6. The van der Waals surface area contributed by atoms with Crippen LogP contribution in [0.4, 0.5) is 10.1 Å². The van der Waals surface area contributed by atoms with Crippen LogP contribution in [0.3, 0.4) is 0 Å². The van der Waals surface area contributed by atoms with E-state index < -0.39 is 5.82 Å². The van der Waals surface area contributed by atoms with E-state index in [1.54, 1.807) is 29.0 Å². The smallest absolute Gasteiger partial charge is 0.270 e. The first-order chi connectivity index (χ1) is 23.3. The van der Waals surface area contributed by atoms with Crippen molar-refractivity contribution >= 4 is 45.3 Å². The lowest BCUT2D eigenvalue weighted by Crippen LogP contribution is -2.49. The summed E-state index contributed by atoms with van der Waals surface area (Å²) in [4.78, 5) is 36.3. The maximum Gasteiger partial charge on any atom is 0.270 e. The molecule has 2 aliphatic rings. The van der Waals surface area contributed by atoms with E-state index in [1.165, 1.54) is 28.7 Å². The molecule has 13 heteroatoms. The van der Waals surface area contributed by atoms with Gasteiger partial charge in [0.05, 0.1) is 18.3 Å². The third-order valence-corrected chi connectivity index (χ3v) is 9.65. The zero-order valence-electron chi connectivity index (χ0n) is 26.6. The van der Waals surface area contributed by atoms with Crippen molar-refractivity contribution in [3.05, 3.63) is 88.3 Å². The number of ether oxygens (including phenoxy) is 1. The molecule has 0 unspecified atom stereocenters. The largest absolute Gasteiger partial charge is 0.496 e. The van der Waals surface area contributed by atoms with Gasteiger partial charge >= 0.3 is 0 Å². The molecule has 48 heavy (non-hydrogen) atoms. The fourth-order valence-electron chi connectivity index (χ4n) is 6.37. The van der Waals surface area contributed by atoms with Gasteiger partial charge < -0.3 is 35.2 Å². The summed E-state index contributed by atoms with van der Waals surface area (Å²) in [5.41, 5.74) is 9.27. The Labute approximate surface area is 282 Å². The summed E-state index contributed by atoms with van der Waals surface area (Å²) in [5.74, 6) is 5.64. The van der Waals surface area contributed by atoms with E-state index in [1.807, 2.05) is 41.8 Å². The predicted octanol–water partition coefficient (Wildman–Crippen LogP) is 4.49. The summed E-state index contributed by atoms with van der Waals surface area (Å²) < 4.78 is 22.3. The monoisotopic (exact) mass is 668 g/mol. The van der Waals surface area contributed by atoms with Crippen molar-refractivity contribution < 1.29 is 18.7 Å². The highest BCUT2D eigenvalue weighted by Gasteiger charge is 2.28. The Morgan fingerprint density at radius 1 is 1.10 bits per heavy atom. The molecule has 1 fully saturated rings. The summed E-state index contributed by atoms with van der Waals surface area (Å²) >= 11 is 1.40. The van der Waals surface area contributed by atoms with E-state index in [0.717, 1.165) is 11.3 Å². The molecule has 248 valence electrons. The number of rotatable bonds is 9. The number of thiophene rings is 1. The molecule has 4 aromatic rings. The maximum atomic E-state index is 16.6. The van der Waals surface area contributed by atoms with E-state index in [-0.39, 0.29) is 36.0 Å². The molecular formula is C35H37FN8O3S. The highest BCUT2D eigenvalue weighted by atomic mass is 32.1. The van der Waals surface area contributed by atoms with Crippen LogP contribution in [0, 0.1) is 17.1 Å². The van der Waals surface area contributed by atoms with Crippen molar-refractivity contribution in [2.75, 3.05) is 57.8 Å². The molecule has 0 radical (unpaired) electrons. The van der Waals surface area contributed by atoms with Gasteiger partial charge in [-0.2, -0.15) is 5.26 Å². The van der Waals surface area contributed by atoms with Crippen LogP contribution in [0.15, 0.2) is 66.3 Å². The number of methoxy groups -OCH3 is 1.